The molecular weight excluding hydrogens is 248 g/mol. The van der Waals surface area contributed by atoms with E-state index in [1.54, 1.807) is 0 Å². The predicted octanol–water partition coefficient (Wildman–Crippen LogP) is 0.806. The maximum atomic E-state index is 11.7. The molecule has 0 aromatic carbocycles. The molecule has 0 spiro atoms. The number of carbonyl (C=O) groups excluding carboxylic acids is 2. The van der Waals surface area contributed by atoms with Crippen molar-refractivity contribution >= 4 is 17.8 Å². The fourth-order valence-electron chi connectivity index (χ4n) is 2.35. The van der Waals surface area contributed by atoms with Crippen LogP contribution in [0.15, 0.2) is 0 Å². The lowest BCUT2D eigenvalue weighted by Gasteiger charge is -2.33. The van der Waals surface area contributed by atoms with Gasteiger partial charge in [0, 0.05) is 6.42 Å². The zero-order chi connectivity index (χ0) is 14.3. The highest BCUT2D eigenvalue weighted by atomic mass is 16.4. The van der Waals surface area contributed by atoms with Crippen LogP contribution in [-0.4, -0.2) is 35.0 Å². The Morgan fingerprint density at radius 2 is 1.74 bits per heavy atom. The van der Waals surface area contributed by atoms with Gasteiger partial charge in [0.1, 0.15) is 5.54 Å². The minimum atomic E-state index is -1.15. The number of hydrogen-bond donors (Lipinski definition) is 3. The number of rotatable bonds is 6. The van der Waals surface area contributed by atoms with Crippen LogP contribution in [0.4, 0.5) is 0 Å². The smallest absolute Gasteiger partial charge is 0.329 e. The van der Waals surface area contributed by atoms with Crippen molar-refractivity contribution < 1.29 is 19.5 Å². The van der Waals surface area contributed by atoms with Crippen molar-refractivity contribution in [3.63, 3.8) is 0 Å². The van der Waals surface area contributed by atoms with Crippen LogP contribution in [0.2, 0.25) is 0 Å². The summed E-state index contributed by atoms with van der Waals surface area (Å²) in [4.78, 5) is 34.3. The molecule has 108 valence electrons. The largest absolute Gasteiger partial charge is 0.480 e. The van der Waals surface area contributed by atoms with E-state index in [1.807, 2.05) is 6.92 Å². The second kappa shape index (κ2) is 7.11. The Kier molecular flexibility index (Phi) is 5.79. The quantitative estimate of drug-likeness (QED) is 0.665. The number of nitrogens with one attached hydrogen (secondary N) is 2. The molecule has 0 atom stereocenters. The predicted molar refractivity (Wildman–Crippen MR) is 69.5 cm³/mol. The molecule has 1 saturated carbocycles. The van der Waals surface area contributed by atoms with E-state index >= 15 is 0 Å². The topological polar surface area (TPSA) is 95.5 Å². The van der Waals surface area contributed by atoms with E-state index in [0.717, 1.165) is 19.3 Å². The van der Waals surface area contributed by atoms with Crippen molar-refractivity contribution in [3.8, 4) is 0 Å². The summed E-state index contributed by atoms with van der Waals surface area (Å²) in [5, 5.41) is 14.4. The first kappa shape index (κ1) is 15.5. The van der Waals surface area contributed by atoms with E-state index in [9.17, 15) is 19.5 Å². The summed E-state index contributed by atoms with van der Waals surface area (Å²) in [5.41, 5.74) is -1.15. The van der Waals surface area contributed by atoms with Crippen LogP contribution in [0.5, 0.6) is 0 Å². The molecule has 0 aliphatic heterocycles. The molecule has 2 amide bonds. The minimum Gasteiger partial charge on any atom is -0.480 e. The third-order valence-corrected chi connectivity index (χ3v) is 3.42. The van der Waals surface area contributed by atoms with Crippen molar-refractivity contribution in [3.05, 3.63) is 0 Å². The molecule has 0 bridgehead atoms. The molecule has 6 nitrogen and oxygen atoms in total. The summed E-state index contributed by atoms with van der Waals surface area (Å²) in [6.07, 6.45) is 4.60. The summed E-state index contributed by atoms with van der Waals surface area (Å²) in [5.74, 6) is -1.61. The zero-order valence-corrected chi connectivity index (χ0v) is 11.3. The van der Waals surface area contributed by atoms with Crippen LogP contribution >= 0.6 is 0 Å². The molecule has 1 rings (SSSR count). The van der Waals surface area contributed by atoms with Crippen molar-refractivity contribution in [2.45, 2.75) is 57.4 Å². The van der Waals surface area contributed by atoms with Gasteiger partial charge in [-0.25, -0.2) is 4.79 Å². The summed E-state index contributed by atoms with van der Waals surface area (Å²) in [6.45, 7) is 1.72. The van der Waals surface area contributed by atoms with Crippen LogP contribution in [0.3, 0.4) is 0 Å². The summed E-state index contributed by atoms with van der Waals surface area (Å²) in [6, 6.07) is 0. The van der Waals surface area contributed by atoms with Gasteiger partial charge in [-0.15, -0.1) is 0 Å². The van der Waals surface area contributed by atoms with Gasteiger partial charge in [0.15, 0.2) is 0 Å². The SMILES string of the molecule is CCCC(=O)NCC(=O)NC1(C(=O)O)CCCCC1. The molecule has 3 N–H and O–H groups in total. The molecule has 0 aromatic rings. The Balaban J connectivity index is 2.48. The van der Waals surface area contributed by atoms with Crippen LogP contribution in [0, 0.1) is 0 Å². The maximum Gasteiger partial charge on any atom is 0.329 e. The fourth-order valence-corrected chi connectivity index (χ4v) is 2.35. The van der Waals surface area contributed by atoms with Gasteiger partial charge in [-0.3, -0.25) is 9.59 Å². The first-order valence-corrected chi connectivity index (χ1v) is 6.81. The lowest BCUT2D eigenvalue weighted by Crippen LogP contribution is -2.57. The van der Waals surface area contributed by atoms with Crippen LogP contribution in [0.1, 0.15) is 51.9 Å². The van der Waals surface area contributed by atoms with Gasteiger partial charge < -0.3 is 15.7 Å². The summed E-state index contributed by atoms with van der Waals surface area (Å²) >= 11 is 0. The molecule has 0 saturated heterocycles. The Hall–Kier alpha value is -1.59. The van der Waals surface area contributed by atoms with Crippen LogP contribution in [-0.2, 0) is 14.4 Å². The van der Waals surface area contributed by atoms with Crippen molar-refractivity contribution in [1.29, 1.82) is 0 Å². The van der Waals surface area contributed by atoms with Gasteiger partial charge in [-0.05, 0) is 19.3 Å². The molecule has 1 fully saturated rings. The van der Waals surface area contributed by atoms with E-state index in [4.69, 9.17) is 0 Å². The molecule has 1 aliphatic rings. The molecule has 0 radical (unpaired) electrons. The molecule has 1 aliphatic carbocycles. The van der Waals surface area contributed by atoms with Gasteiger partial charge in [0.05, 0.1) is 6.54 Å². The van der Waals surface area contributed by atoms with Gasteiger partial charge in [0.2, 0.25) is 11.8 Å². The molecule has 0 unspecified atom stereocenters. The number of aliphatic carboxylic acids is 1. The van der Waals surface area contributed by atoms with E-state index in [-0.39, 0.29) is 12.5 Å². The molecule has 19 heavy (non-hydrogen) atoms. The second-order valence-corrected chi connectivity index (χ2v) is 5.02. The number of carbonyl (C=O) groups is 3. The Morgan fingerprint density at radius 1 is 1.11 bits per heavy atom. The van der Waals surface area contributed by atoms with Crippen LogP contribution in [0.25, 0.3) is 0 Å². The molecule has 0 aromatic heterocycles. The van der Waals surface area contributed by atoms with Gasteiger partial charge in [-0.1, -0.05) is 26.2 Å². The zero-order valence-electron chi connectivity index (χ0n) is 11.3. The molecule has 0 heterocycles. The minimum absolute atomic E-state index is 0.159. The third-order valence-electron chi connectivity index (χ3n) is 3.42. The highest BCUT2D eigenvalue weighted by molar-refractivity contribution is 5.90. The Morgan fingerprint density at radius 3 is 2.26 bits per heavy atom. The van der Waals surface area contributed by atoms with E-state index in [1.165, 1.54) is 0 Å². The number of carboxylic acid groups (broad SMARTS) is 1. The van der Waals surface area contributed by atoms with E-state index in [0.29, 0.717) is 25.7 Å². The van der Waals surface area contributed by atoms with Crippen LogP contribution < -0.4 is 10.6 Å². The number of carboxylic acids is 1. The third kappa shape index (κ3) is 4.54. The maximum absolute atomic E-state index is 11.7. The first-order chi connectivity index (χ1) is 9.00. The van der Waals surface area contributed by atoms with Gasteiger partial charge in [-0.2, -0.15) is 0 Å². The van der Waals surface area contributed by atoms with Crippen molar-refractivity contribution in [2.24, 2.45) is 0 Å². The lowest BCUT2D eigenvalue weighted by atomic mass is 9.81. The number of amides is 2. The fraction of sp³-hybridized carbons (Fsp3) is 0.769. The van der Waals surface area contributed by atoms with E-state index < -0.39 is 17.4 Å². The van der Waals surface area contributed by atoms with Gasteiger partial charge >= 0.3 is 5.97 Å². The molecule has 6 heteroatoms. The average Bonchev–Trinajstić information content (AvgIpc) is 2.38. The molecular formula is C13H22N2O4. The standard InChI is InChI=1S/C13H22N2O4/c1-2-6-10(16)14-9-11(17)15-13(12(18)19)7-4-3-5-8-13/h2-9H2,1H3,(H,14,16)(H,15,17)(H,18,19). The summed E-state index contributed by atoms with van der Waals surface area (Å²) < 4.78 is 0. The van der Waals surface area contributed by atoms with Gasteiger partial charge in [0.25, 0.3) is 0 Å². The first-order valence-electron chi connectivity index (χ1n) is 6.81. The second-order valence-electron chi connectivity index (χ2n) is 5.02. The Labute approximate surface area is 112 Å². The monoisotopic (exact) mass is 270 g/mol. The lowest BCUT2D eigenvalue weighted by molar-refractivity contribution is -0.149. The number of hydrogen-bond acceptors (Lipinski definition) is 3. The normalized spacial score (nSPS) is 17.5. The highest BCUT2D eigenvalue weighted by Gasteiger charge is 2.40. The average molecular weight is 270 g/mol. The Bertz CT molecular complexity index is 349. The summed E-state index contributed by atoms with van der Waals surface area (Å²) in [7, 11) is 0. The van der Waals surface area contributed by atoms with Crippen molar-refractivity contribution in [1.82, 2.24) is 10.6 Å². The van der Waals surface area contributed by atoms with E-state index in [2.05, 4.69) is 10.6 Å². The highest BCUT2D eigenvalue weighted by Crippen LogP contribution is 2.28. The van der Waals surface area contributed by atoms with Crippen molar-refractivity contribution in [2.75, 3.05) is 6.54 Å².